The summed E-state index contributed by atoms with van der Waals surface area (Å²) in [5, 5.41) is 10.0. The van der Waals surface area contributed by atoms with Gasteiger partial charge in [-0.1, -0.05) is 6.92 Å². The van der Waals surface area contributed by atoms with Gasteiger partial charge < -0.3 is 10.6 Å². The van der Waals surface area contributed by atoms with Crippen molar-refractivity contribution in [1.29, 1.82) is 0 Å². The fraction of sp³-hybridized carbons (Fsp3) is 0.600. The molecule has 0 unspecified atom stereocenters. The van der Waals surface area contributed by atoms with Gasteiger partial charge in [-0.05, 0) is 19.5 Å². The minimum Gasteiger partial charge on any atom is -0.353 e. The molecule has 1 aromatic rings. The third kappa shape index (κ3) is 8.01. The normalized spacial score (nSPS) is 10.9. The molecule has 17 heavy (non-hydrogen) atoms. The molecular weight excluding hydrogens is 263 g/mol. The maximum atomic E-state index is 11.4. The summed E-state index contributed by atoms with van der Waals surface area (Å²) >= 11 is 0. The molecule has 7 heteroatoms. The molecule has 1 atom stereocenters. The fourth-order valence-corrected chi connectivity index (χ4v) is 1.28. The third-order valence-electron chi connectivity index (χ3n) is 2.02. The van der Waals surface area contributed by atoms with E-state index in [-0.39, 0.29) is 37.3 Å². The number of hydrogen-bond donors (Lipinski definition) is 2. The molecule has 0 fully saturated rings. The van der Waals surface area contributed by atoms with E-state index in [0.717, 1.165) is 6.54 Å². The lowest BCUT2D eigenvalue weighted by molar-refractivity contribution is -0.121. The van der Waals surface area contributed by atoms with Gasteiger partial charge in [-0.25, -0.2) is 0 Å². The average molecular weight is 283 g/mol. The number of aromatic nitrogens is 2. The summed E-state index contributed by atoms with van der Waals surface area (Å²) in [4.78, 5) is 11.4. The Balaban J connectivity index is 0. The lowest BCUT2D eigenvalue weighted by Crippen LogP contribution is -2.40. The van der Waals surface area contributed by atoms with Gasteiger partial charge >= 0.3 is 0 Å². The Morgan fingerprint density at radius 1 is 1.47 bits per heavy atom. The van der Waals surface area contributed by atoms with Crippen molar-refractivity contribution < 1.29 is 4.79 Å². The summed E-state index contributed by atoms with van der Waals surface area (Å²) in [6, 6.07) is 2.10. The molecule has 0 saturated heterocycles. The lowest BCUT2D eigenvalue weighted by Gasteiger charge is -2.13. The van der Waals surface area contributed by atoms with Crippen LogP contribution in [0.5, 0.6) is 0 Å². The lowest BCUT2D eigenvalue weighted by atomic mass is 10.3. The number of nitrogens with one attached hydrogen (secondary N) is 2. The summed E-state index contributed by atoms with van der Waals surface area (Å²) in [7, 11) is 0. The molecule has 1 rings (SSSR count). The molecule has 0 saturated carbocycles. The van der Waals surface area contributed by atoms with Crippen LogP contribution >= 0.6 is 24.8 Å². The molecule has 0 aliphatic heterocycles. The molecule has 0 aromatic carbocycles. The van der Waals surface area contributed by atoms with E-state index in [2.05, 4.69) is 15.7 Å². The number of likely N-dealkylation sites (N-methyl/N-ethyl adjacent to an activating group) is 1. The molecule has 1 aromatic heterocycles. The first-order valence-electron chi connectivity index (χ1n) is 5.20. The largest absolute Gasteiger partial charge is 0.353 e. The second kappa shape index (κ2) is 10.4. The van der Waals surface area contributed by atoms with E-state index in [1.54, 1.807) is 23.1 Å². The Hall–Kier alpha value is -0.780. The van der Waals surface area contributed by atoms with Crippen LogP contribution in [0.15, 0.2) is 18.5 Å². The summed E-state index contributed by atoms with van der Waals surface area (Å²) in [6.45, 7) is 5.93. The molecule has 0 aliphatic carbocycles. The van der Waals surface area contributed by atoms with E-state index in [1.807, 2.05) is 13.8 Å². The van der Waals surface area contributed by atoms with Crippen molar-refractivity contribution in [1.82, 2.24) is 20.4 Å². The molecule has 1 amide bonds. The minimum absolute atomic E-state index is 0. The van der Waals surface area contributed by atoms with Crippen LogP contribution in [-0.2, 0) is 11.3 Å². The van der Waals surface area contributed by atoms with Gasteiger partial charge in [0.05, 0.1) is 0 Å². The maximum Gasteiger partial charge on any atom is 0.241 e. The van der Waals surface area contributed by atoms with E-state index >= 15 is 0 Å². The Bertz CT molecular complexity index is 293. The Morgan fingerprint density at radius 2 is 2.18 bits per heavy atom. The zero-order valence-corrected chi connectivity index (χ0v) is 11.7. The number of carbonyl (C=O) groups is 1. The quantitative estimate of drug-likeness (QED) is 0.813. The molecule has 0 spiro atoms. The van der Waals surface area contributed by atoms with Crippen LogP contribution in [0.3, 0.4) is 0 Å². The topological polar surface area (TPSA) is 58.9 Å². The summed E-state index contributed by atoms with van der Waals surface area (Å²) in [6.07, 6.45) is 3.43. The van der Waals surface area contributed by atoms with Gasteiger partial charge in [0.15, 0.2) is 0 Å². The zero-order chi connectivity index (χ0) is 11.1. The first kappa shape index (κ1) is 18.6. The molecule has 100 valence electrons. The minimum atomic E-state index is -0.0107. The summed E-state index contributed by atoms with van der Waals surface area (Å²) in [5.74, 6) is -0.0107. The van der Waals surface area contributed by atoms with E-state index in [0.29, 0.717) is 12.6 Å². The second-order valence-electron chi connectivity index (χ2n) is 3.47. The first-order chi connectivity index (χ1) is 7.22. The van der Waals surface area contributed by atoms with Crippen molar-refractivity contribution >= 4 is 30.7 Å². The van der Waals surface area contributed by atoms with Crippen molar-refractivity contribution in [3.63, 3.8) is 0 Å². The fourth-order valence-electron chi connectivity index (χ4n) is 1.28. The molecule has 1 heterocycles. The second-order valence-corrected chi connectivity index (χ2v) is 3.47. The molecule has 0 radical (unpaired) electrons. The van der Waals surface area contributed by atoms with Crippen LogP contribution in [0.4, 0.5) is 0 Å². The number of rotatable bonds is 6. The number of nitrogens with zero attached hydrogens (tertiary/aromatic N) is 2. The monoisotopic (exact) mass is 282 g/mol. The summed E-state index contributed by atoms with van der Waals surface area (Å²) in [5.41, 5.74) is 0. The van der Waals surface area contributed by atoms with Crippen molar-refractivity contribution in [2.75, 3.05) is 13.1 Å². The average Bonchev–Trinajstić information content (AvgIpc) is 2.68. The van der Waals surface area contributed by atoms with Crippen molar-refractivity contribution in [2.45, 2.75) is 26.4 Å². The molecule has 5 nitrogen and oxygen atoms in total. The highest BCUT2D eigenvalue weighted by Crippen LogP contribution is 1.85. The van der Waals surface area contributed by atoms with Crippen molar-refractivity contribution in [2.24, 2.45) is 0 Å². The summed E-state index contributed by atoms with van der Waals surface area (Å²) < 4.78 is 1.60. The van der Waals surface area contributed by atoms with Gasteiger partial charge in [0, 0.05) is 25.0 Å². The van der Waals surface area contributed by atoms with Crippen LogP contribution in [0.1, 0.15) is 13.8 Å². The number of carbonyl (C=O) groups excluding carboxylic acids is 1. The predicted octanol–water partition coefficient (Wildman–Crippen LogP) is 0.841. The van der Waals surface area contributed by atoms with Crippen LogP contribution in [0.25, 0.3) is 0 Å². The molecule has 0 bridgehead atoms. The van der Waals surface area contributed by atoms with Gasteiger partial charge in [0.2, 0.25) is 5.91 Å². The van der Waals surface area contributed by atoms with Crippen molar-refractivity contribution in [3.05, 3.63) is 18.5 Å². The van der Waals surface area contributed by atoms with E-state index in [1.165, 1.54) is 0 Å². The molecule has 2 N–H and O–H groups in total. The van der Waals surface area contributed by atoms with Gasteiger partial charge in [0.1, 0.15) is 6.54 Å². The first-order valence-corrected chi connectivity index (χ1v) is 5.20. The van der Waals surface area contributed by atoms with Crippen LogP contribution < -0.4 is 10.6 Å². The number of amides is 1. The highest BCUT2D eigenvalue weighted by Gasteiger charge is 2.04. The highest BCUT2D eigenvalue weighted by molar-refractivity contribution is 5.85. The maximum absolute atomic E-state index is 11.4. The van der Waals surface area contributed by atoms with Crippen LogP contribution in [0, 0.1) is 0 Å². The Labute approximate surface area is 114 Å². The van der Waals surface area contributed by atoms with Crippen molar-refractivity contribution in [3.8, 4) is 0 Å². The van der Waals surface area contributed by atoms with Gasteiger partial charge in [-0.2, -0.15) is 5.10 Å². The van der Waals surface area contributed by atoms with E-state index in [9.17, 15) is 4.79 Å². The third-order valence-corrected chi connectivity index (χ3v) is 2.02. The SMILES string of the molecule is CCN[C@H](C)CNC(=O)Cn1cccn1.Cl.Cl. The molecule has 0 aliphatic rings. The standard InChI is InChI=1S/C10H18N4O.2ClH/c1-3-11-9(2)7-12-10(15)8-14-6-4-5-13-14;;/h4-6,9,11H,3,7-8H2,1-2H3,(H,12,15);2*1H/t9-;;/m1../s1. The van der Waals surface area contributed by atoms with Gasteiger partial charge in [0.25, 0.3) is 0 Å². The number of hydrogen-bond acceptors (Lipinski definition) is 3. The Morgan fingerprint density at radius 3 is 2.71 bits per heavy atom. The molecular formula is C10H20Cl2N4O. The Kier molecular flexibility index (Phi) is 11.3. The smallest absolute Gasteiger partial charge is 0.241 e. The van der Waals surface area contributed by atoms with E-state index in [4.69, 9.17) is 0 Å². The highest BCUT2D eigenvalue weighted by atomic mass is 35.5. The zero-order valence-electron chi connectivity index (χ0n) is 10.0. The number of halogens is 2. The predicted molar refractivity (Wildman–Crippen MR) is 72.9 cm³/mol. The van der Waals surface area contributed by atoms with Crippen LogP contribution in [0.2, 0.25) is 0 Å². The van der Waals surface area contributed by atoms with E-state index < -0.39 is 0 Å². The van der Waals surface area contributed by atoms with Gasteiger partial charge in [-0.15, -0.1) is 24.8 Å². The van der Waals surface area contributed by atoms with Crippen LogP contribution in [-0.4, -0.2) is 34.8 Å². The van der Waals surface area contributed by atoms with Gasteiger partial charge in [-0.3, -0.25) is 9.48 Å².